The summed E-state index contributed by atoms with van der Waals surface area (Å²) >= 11 is 0.934. The second kappa shape index (κ2) is 10.5. The second-order valence-corrected chi connectivity index (χ2v) is 12.3. The van der Waals surface area contributed by atoms with Crippen LogP contribution in [0.3, 0.4) is 0 Å². The number of aromatic nitrogens is 2. The molecule has 37 heavy (non-hydrogen) atoms. The van der Waals surface area contributed by atoms with Crippen LogP contribution in [0.15, 0.2) is 12.3 Å². The van der Waals surface area contributed by atoms with Gasteiger partial charge in [-0.3, -0.25) is 9.69 Å². The molecule has 0 bridgehead atoms. The molecule has 11 heteroatoms. The average Bonchev–Trinajstić information content (AvgIpc) is 3.20. The Morgan fingerprint density at radius 2 is 2.00 bits per heavy atom. The minimum Gasteiger partial charge on any atom is -0.389 e. The number of alkyl halides is 3. The number of likely N-dealkylation sites (tertiary alicyclic amines) is 1. The number of carbonyl (C=O) groups excluding carboxylic acids is 1. The molecule has 3 heterocycles. The van der Waals surface area contributed by atoms with E-state index in [2.05, 4.69) is 32.4 Å². The normalized spacial score (nSPS) is 20.4. The van der Waals surface area contributed by atoms with Crippen LogP contribution >= 0.6 is 11.3 Å². The van der Waals surface area contributed by atoms with Crippen molar-refractivity contribution in [2.45, 2.75) is 96.1 Å². The lowest BCUT2D eigenvalue weighted by molar-refractivity contribution is -0.137. The first-order valence-electron chi connectivity index (χ1n) is 12.8. The summed E-state index contributed by atoms with van der Waals surface area (Å²) < 4.78 is 43.0. The summed E-state index contributed by atoms with van der Waals surface area (Å²) in [6.45, 7) is 8.37. The number of hydrogen-bond donors (Lipinski definition) is 3. The molecular formula is C26H36F3N5O2S. The molecule has 204 valence electrons. The fraction of sp³-hybridized carbons (Fsp3) is 0.654. The lowest BCUT2D eigenvalue weighted by Crippen LogP contribution is -2.41. The van der Waals surface area contributed by atoms with Crippen molar-refractivity contribution in [2.75, 3.05) is 18.4 Å². The van der Waals surface area contributed by atoms with Gasteiger partial charge in [0.1, 0.15) is 5.82 Å². The van der Waals surface area contributed by atoms with Gasteiger partial charge in [0.25, 0.3) is 5.91 Å². The largest absolute Gasteiger partial charge is 0.417 e. The van der Waals surface area contributed by atoms with Crippen molar-refractivity contribution in [1.29, 1.82) is 0 Å². The van der Waals surface area contributed by atoms with E-state index in [0.717, 1.165) is 62.5 Å². The minimum atomic E-state index is -4.61. The van der Waals surface area contributed by atoms with E-state index in [-0.39, 0.29) is 34.5 Å². The predicted octanol–water partition coefficient (Wildman–Crippen LogP) is 5.45. The van der Waals surface area contributed by atoms with E-state index >= 15 is 0 Å². The fourth-order valence-corrected chi connectivity index (χ4v) is 5.82. The van der Waals surface area contributed by atoms with Crippen LogP contribution in [0.1, 0.15) is 87.3 Å². The number of piperidine rings is 1. The third-order valence-electron chi connectivity index (χ3n) is 7.21. The van der Waals surface area contributed by atoms with Crippen molar-refractivity contribution in [3.8, 4) is 10.4 Å². The Hall–Kier alpha value is -2.24. The molecular weight excluding hydrogens is 503 g/mol. The van der Waals surface area contributed by atoms with E-state index in [1.165, 1.54) is 6.20 Å². The van der Waals surface area contributed by atoms with Gasteiger partial charge in [0.2, 0.25) is 0 Å². The summed E-state index contributed by atoms with van der Waals surface area (Å²) in [5.41, 5.74) is -1.81. The molecule has 1 aliphatic carbocycles. The smallest absolute Gasteiger partial charge is 0.389 e. The van der Waals surface area contributed by atoms with Gasteiger partial charge >= 0.3 is 6.18 Å². The van der Waals surface area contributed by atoms with E-state index < -0.39 is 23.2 Å². The van der Waals surface area contributed by atoms with Gasteiger partial charge in [-0.25, -0.2) is 9.97 Å². The van der Waals surface area contributed by atoms with Crippen molar-refractivity contribution < 1.29 is 23.1 Å². The molecule has 2 aromatic rings. The Labute approximate surface area is 219 Å². The van der Waals surface area contributed by atoms with Crippen LogP contribution in [-0.4, -0.2) is 56.2 Å². The van der Waals surface area contributed by atoms with E-state index in [4.69, 9.17) is 0 Å². The molecule has 0 unspecified atom stereocenters. The van der Waals surface area contributed by atoms with Crippen LogP contribution in [0.2, 0.25) is 0 Å². The monoisotopic (exact) mass is 539 g/mol. The molecule has 1 aliphatic heterocycles. The van der Waals surface area contributed by atoms with E-state index in [9.17, 15) is 23.1 Å². The van der Waals surface area contributed by atoms with Gasteiger partial charge < -0.3 is 15.7 Å². The summed E-state index contributed by atoms with van der Waals surface area (Å²) in [5.74, 6) is -0.332. The molecule has 1 amide bonds. The summed E-state index contributed by atoms with van der Waals surface area (Å²) in [7, 11) is 0. The first-order valence-corrected chi connectivity index (χ1v) is 13.7. The number of nitrogens with zero attached hydrogens (tertiary/aromatic N) is 3. The van der Waals surface area contributed by atoms with Crippen LogP contribution in [-0.2, 0) is 12.7 Å². The van der Waals surface area contributed by atoms with E-state index in [1.54, 1.807) is 13.8 Å². The van der Waals surface area contributed by atoms with Crippen molar-refractivity contribution in [2.24, 2.45) is 0 Å². The van der Waals surface area contributed by atoms with Crippen LogP contribution in [0, 0.1) is 0 Å². The molecule has 2 aromatic heterocycles. The van der Waals surface area contributed by atoms with Crippen molar-refractivity contribution in [3.05, 3.63) is 28.5 Å². The average molecular weight is 540 g/mol. The SMILES string of the molecule is C[C@H]1CCCCN1Cc1nc(C(=O)NCC(C)(C)O)sc1-c1cnc(NC2(C)CCC2)cc1C(F)(F)F. The maximum atomic E-state index is 14.3. The predicted molar refractivity (Wildman–Crippen MR) is 139 cm³/mol. The number of aliphatic hydroxyl groups is 1. The van der Waals surface area contributed by atoms with Gasteiger partial charge in [-0.2, -0.15) is 13.2 Å². The van der Waals surface area contributed by atoms with Crippen LogP contribution in [0.4, 0.5) is 19.0 Å². The van der Waals surface area contributed by atoms with Gasteiger partial charge in [-0.15, -0.1) is 11.3 Å². The van der Waals surface area contributed by atoms with Crippen molar-refractivity contribution in [3.63, 3.8) is 0 Å². The molecule has 1 saturated heterocycles. The Bertz CT molecular complexity index is 1120. The van der Waals surface area contributed by atoms with Crippen LogP contribution in [0.5, 0.6) is 0 Å². The topological polar surface area (TPSA) is 90.4 Å². The number of carbonyl (C=O) groups is 1. The molecule has 1 atom stereocenters. The zero-order chi connectivity index (χ0) is 27.0. The number of rotatable bonds is 8. The quantitative estimate of drug-likeness (QED) is 0.413. The summed E-state index contributed by atoms with van der Waals surface area (Å²) in [6.07, 6.45) is 2.57. The molecule has 4 rings (SSSR count). The maximum absolute atomic E-state index is 14.3. The lowest BCUT2D eigenvalue weighted by atomic mass is 9.78. The van der Waals surface area contributed by atoms with Crippen molar-refractivity contribution >= 4 is 23.1 Å². The Balaban J connectivity index is 1.73. The van der Waals surface area contributed by atoms with Gasteiger partial charge in [0.15, 0.2) is 5.01 Å². The number of halogens is 3. The number of thiazole rings is 1. The Morgan fingerprint density at radius 1 is 1.27 bits per heavy atom. The number of amides is 1. The minimum absolute atomic E-state index is 0.00622. The third-order valence-corrected chi connectivity index (χ3v) is 8.34. The van der Waals surface area contributed by atoms with E-state index in [0.29, 0.717) is 17.1 Å². The lowest BCUT2D eigenvalue weighted by Gasteiger charge is -2.39. The van der Waals surface area contributed by atoms with Crippen molar-refractivity contribution in [1.82, 2.24) is 20.2 Å². The highest BCUT2D eigenvalue weighted by molar-refractivity contribution is 7.17. The molecule has 3 N–H and O–H groups in total. The first-order chi connectivity index (χ1) is 17.2. The summed E-state index contributed by atoms with van der Waals surface area (Å²) in [5, 5.41) is 15.8. The number of hydrogen-bond acceptors (Lipinski definition) is 7. The molecule has 0 radical (unpaired) electrons. The number of pyridine rings is 1. The van der Waals surface area contributed by atoms with Crippen LogP contribution in [0.25, 0.3) is 10.4 Å². The Morgan fingerprint density at radius 3 is 2.59 bits per heavy atom. The highest BCUT2D eigenvalue weighted by Crippen LogP contribution is 2.43. The molecule has 0 spiro atoms. The zero-order valence-electron chi connectivity index (χ0n) is 21.8. The summed E-state index contributed by atoms with van der Waals surface area (Å²) in [6, 6.07) is 1.34. The number of nitrogens with one attached hydrogen (secondary N) is 2. The standard InChI is InChI=1S/C26H36F3N5O2S/c1-16-8-5-6-11-34(16)14-19-21(37-23(32-19)22(35)31-15-24(2,3)36)17-13-30-20(12-18(17)26(27,28)29)33-25(4)9-7-10-25/h12-13,16,36H,5-11,14-15H2,1-4H3,(H,30,33)(H,31,35)/t16-/m0/s1. The van der Waals surface area contributed by atoms with Gasteiger partial charge in [-0.05, 0) is 72.4 Å². The number of anilines is 1. The third kappa shape index (κ3) is 6.80. The maximum Gasteiger partial charge on any atom is 0.417 e. The molecule has 0 aromatic carbocycles. The fourth-order valence-electron chi connectivity index (χ4n) is 4.80. The zero-order valence-corrected chi connectivity index (χ0v) is 22.7. The highest BCUT2D eigenvalue weighted by atomic mass is 32.1. The second-order valence-electron chi connectivity index (χ2n) is 11.3. The first kappa shape index (κ1) is 27.8. The van der Waals surface area contributed by atoms with Gasteiger partial charge in [-0.1, -0.05) is 6.42 Å². The molecule has 1 saturated carbocycles. The molecule has 2 fully saturated rings. The highest BCUT2D eigenvalue weighted by Gasteiger charge is 2.38. The molecule has 7 nitrogen and oxygen atoms in total. The Kier molecular flexibility index (Phi) is 7.88. The molecule has 2 aliphatic rings. The van der Waals surface area contributed by atoms with Gasteiger partial charge in [0.05, 0.1) is 21.7 Å². The van der Waals surface area contributed by atoms with Gasteiger partial charge in [0, 0.05) is 36.4 Å². The van der Waals surface area contributed by atoms with Crippen LogP contribution < -0.4 is 10.6 Å². The summed E-state index contributed by atoms with van der Waals surface area (Å²) in [4.78, 5) is 24.2. The van der Waals surface area contributed by atoms with E-state index in [1.807, 2.05) is 6.92 Å².